The molecule has 0 spiro atoms. The smallest absolute Gasteiger partial charge is 0.331 e. The number of benzene rings is 1. The molecule has 0 aromatic heterocycles. The summed E-state index contributed by atoms with van der Waals surface area (Å²) in [6, 6.07) is 9.70. The van der Waals surface area contributed by atoms with E-state index in [4.69, 9.17) is 10.2 Å². The molecule has 0 aliphatic heterocycles. The summed E-state index contributed by atoms with van der Waals surface area (Å²) < 4.78 is 0. The van der Waals surface area contributed by atoms with E-state index in [1.54, 1.807) is 13.0 Å². The van der Waals surface area contributed by atoms with Crippen molar-refractivity contribution in [3.05, 3.63) is 65.3 Å². The number of carboxylic acids is 2. The van der Waals surface area contributed by atoms with Crippen LogP contribution >= 0.6 is 0 Å². The number of allylic oxidation sites excluding steroid dienone is 3. The highest BCUT2D eigenvalue weighted by molar-refractivity contribution is 5.86. The third-order valence-electron chi connectivity index (χ3n) is 4.79. The molecule has 0 radical (unpaired) electrons. The van der Waals surface area contributed by atoms with E-state index in [1.807, 2.05) is 43.3 Å². The van der Waals surface area contributed by atoms with Crippen molar-refractivity contribution in [1.82, 2.24) is 0 Å². The van der Waals surface area contributed by atoms with Gasteiger partial charge in [-0.1, -0.05) is 101 Å². The van der Waals surface area contributed by atoms with Crippen LogP contribution in [-0.4, -0.2) is 22.2 Å². The Hall–Kier alpha value is -2.62. The van der Waals surface area contributed by atoms with Gasteiger partial charge in [-0.15, -0.1) is 0 Å². The van der Waals surface area contributed by atoms with Crippen molar-refractivity contribution in [1.29, 1.82) is 0 Å². The second-order valence-corrected chi connectivity index (χ2v) is 6.98. The normalized spacial score (nSPS) is 13.0. The molecule has 1 unspecified atom stereocenters. The minimum absolute atomic E-state index is 0.553. The van der Waals surface area contributed by atoms with Crippen LogP contribution in [0, 0.1) is 5.92 Å². The molecule has 0 aliphatic carbocycles. The van der Waals surface area contributed by atoms with Crippen molar-refractivity contribution < 1.29 is 19.8 Å². The van der Waals surface area contributed by atoms with E-state index in [9.17, 15) is 9.59 Å². The number of aliphatic carboxylic acids is 2. The highest BCUT2D eigenvalue weighted by Crippen LogP contribution is 2.25. The largest absolute Gasteiger partial charge is 0.478 e. The van der Waals surface area contributed by atoms with Gasteiger partial charge >= 0.3 is 11.9 Å². The van der Waals surface area contributed by atoms with Crippen LogP contribution in [0.2, 0.25) is 0 Å². The standard InChI is InChI=1S/C14H26O2.C11H10O2/c1-5-8-9-12(6-2)10-13(7-3)11(4)14(15)16;12-11(13)9-5-4-8-10-6-2-1-3-7-10/h12H,5-10H2,1-4H3,(H,15,16);1-9H,(H,12,13). The van der Waals surface area contributed by atoms with Crippen LogP contribution < -0.4 is 0 Å². The summed E-state index contributed by atoms with van der Waals surface area (Å²) in [6.45, 7) is 8.18. The molecule has 0 fully saturated rings. The van der Waals surface area contributed by atoms with Gasteiger partial charge < -0.3 is 10.2 Å². The van der Waals surface area contributed by atoms with Gasteiger partial charge in [0.1, 0.15) is 0 Å². The molecular formula is C25H36O4. The number of unbranched alkanes of at least 4 members (excludes halogenated alkanes) is 1. The van der Waals surface area contributed by atoms with Gasteiger partial charge in [-0.2, -0.15) is 0 Å². The van der Waals surface area contributed by atoms with Gasteiger partial charge in [0, 0.05) is 11.6 Å². The van der Waals surface area contributed by atoms with Gasteiger partial charge in [0.15, 0.2) is 0 Å². The minimum Gasteiger partial charge on any atom is -0.478 e. The maximum Gasteiger partial charge on any atom is 0.331 e. The predicted octanol–water partition coefficient (Wildman–Crippen LogP) is 6.74. The lowest BCUT2D eigenvalue weighted by Gasteiger charge is -2.17. The molecule has 0 aliphatic rings. The van der Waals surface area contributed by atoms with Gasteiger partial charge in [0.05, 0.1) is 0 Å². The minimum atomic E-state index is -0.933. The Morgan fingerprint density at radius 3 is 2.17 bits per heavy atom. The molecule has 29 heavy (non-hydrogen) atoms. The van der Waals surface area contributed by atoms with Crippen LogP contribution in [0.25, 0.3) is 6.08 Å². The summed E-state index contributed by atoms with van der Waals surface area (Å²) in [5.74, 6) is -1.04. The average Bonchev–Trinajstić information content (AvgIpc) is 2.72. The number of rotatable bonds is 11. The fourth-order valence-electron chi connectivity index (χ4n) is 2.87. The second kappa shape index (κ2) is 16.3. The van der Waals surface area contributed by atoms with E-state index >= 15 is 0 Å². The van der Waals surface area contributed by atoms with E-state index in [1.165, 1.54) is 25.3 Å². The molecule has 0 saturated carbocycles. The van der Waals surface area contributed by atoms with Crippen molar-refractivity contribution in [2.24, 2.45) is 5.92 Å². The quantitative estimate of drug-likeness (QED) is 0.318. The first-order chi connectivity index (χ1) is 13.8. The van der Waals surface area contributed by atoms with E-state index in [0.717, 1.165) is 36.5 Å². The molecular weight excluding hydrogens is 364 g/mol. The fourth-order valence-corrected chi connectivity index (χ4v) is 2.87. The number of hydrogen-bond acceptors (Lipinski definition) is 2. The molecule has 0 bridgehead atoms. The third-order valence-corrected chi connectivity index (χ3v) is 4.79. The fraction of sp³-hybridized carbons (Fsp3) is 0.440. The zero-order valence-corrected chi connectivity index (χ0v) is 18.2. The molecule has 4 heteroatoms. The Bertz CT molecular complexity index is 684. The number of carbonyl (C=O) groups is 2. The topological polar surface area (TPSA) is 74.6 Å². The molecule has 1 aromatic carbocycles. The number of carboxylic acid groups (broad SMARTS) is 2. The van der Waals surface area contributed by atoms with Gasteiger partial charge in [0.25, 0.3) is 0 Å². The summed E-state index contributed by atoms with van der Waals surface area (Å²) >= 11 is 0. The van der Waals surface area contributed by atoms with E-state index in [0.29, 0.717) is 11.5 Å². The Kier molecular flexibility index (Phi) is 14.9. The van der Waals surface area contributed by atoms with Crippen molar-refractivity contribution >= 4 is 18.0 Å². The Labute approximate surface area is 175 Å². The van der Waals surface area contributed by atoms with Crippen LogP contribution in [-0.2, 0) is 9.59 Å². The molecule has 0 saturated heterocycles. The van der Waals surface area contributed by atoms with Crippen molar-refractivity contribution in [3.8, 4) is 0 Å². The first kappa shape index (κ1) is 26.4. The first-order valence-corrected chi connectivity index (χ1v) is 10.4. The summed E-state index contributed by atoms with van der Waals surface area (Å²) in [5.41, 5.74) is 2.73. The molecule has 1 aromatic rings. The molecule has 0 amide bonds. The molecule has 4 nitrogen and oxygen atoms in total. The third kappa shape index (κ3) is 13.2. The van der Waals surface area contributed by atoms with Crippen molar-refractivity contribution in [2.45, 2.75) is 66.2 Å². The van der Waals surface area contributed by atoms with Crippen LogP contribution in [0.15, 0.2) is 59.7 Å². The van der Waals surface area contributed by atoms with Gasteiger partial charge in [-0.05, 0) is 31.2 Å². The van der Waals surface area contributed by atoms with Gasteiger partial charge in [-0.3, -0.25) is 0 Å². The Morgan fingerprint density at radius 2 is 1.69 bits per heavy atom. The van der Waals surface area contributed by atoms with Crippen LogP contribution in [0.3, 0.4) is 0 Å². The summed E-state index contributed by atoms with van der Waals surface area (Å²) in [7, 11) is 0. The van der Waals surface area contributed by atoms with E-state index in [-0.39, 0.29) is 0 Å². The van der Waals surface area contributed by atoms with Gasteiger partial charge in [0.2, 0.25) is 0 Å². The van der Waals surface area contributed by atoms with Crippen LogP contribution in [0.1, 0.15) is 71.8 Å². The molecule has 1 atom stereocenters. The van der Waals surface area contributed by atoms with E-state index in [2.05, 4.69) is 13.8 Å². The lowest BCUT2D eigenvalue weighted by molar-refractivity contribution is -0.133. The SMILES string of the molecule is CCCCC(CC)CC(CC)=C(C)C(=O)O.O=C(O)C=CC=Cc1ccccc1. The van der Waals surface area contributed by atoms with Crippen LogP contribution in [0.5, 0.6) is 0 Å². The first-order valence-electron chi connectivity index (χ1n) is 10.4. The van der Waals surface area contributed by atoms with Gasteiger partial charge in [-0.25, -0.2) is 9.59 Å². The maximum atomic E-state index is 10.9. The second-order valence-electron chi connectivity index (χ2n) is 6.98. The highest BCUT2D eigenvalue weighted by atomic mass is 16.4. The summed E-state index contributed by atoms with van der Waals surface area (Å²) in [5, 5.41) is 17.3. The molecule has 160 valence electrons. The van der Waals surface area contributed by atoms with Crippen molar-refractivity contribution in [2.75, 3.05) is 0 Å². The monoisotopic (exact) mass is 400 g/mol. The zero-order chi connectivity index (χ0) is 22.1. The molecule has 2 N–H and O–H groups in total. The average molecular weight is 401 g/mol. The molecule has 0 heterocycles. The zero-order valence-electron chi connectivity index (χ0n) is 18.2. The number of hydrogen-bond donors (Lipinski definition) is 2. The Morgan fingerprint density at radius 1 is 1.03 bits per heavy atom. The summed E-state index contributed by atoms with van der Waals surface area (Å²) in [4.78, 5) is 21.0. The lowest BCUT2D eigenvalue weighted by atomic mass is 9.89. The highest BCUT2D eigenvalue weighted by Gasteiger charge is 2.13. The summed E-state index contributed by atoms with van der Waals surface area (Å²) in [6.07, 6.45) is 12.8. The maximum absolute atomic E-state index is 10.9. The van der Waals surface area contributed by atoms with Crippen LogP contribution in [0.4, 0.5) is 0 Å². The molecule has 1 rings (SSSR count). The van der Waals surface area contributed by atoms with Crippen molar-refractivity contribution in [3.63, 3.8) is 0 Å². The Balaban J connectivity index is 0.000000551. The van der Waals surface area contributed by atoms with E-state index < -0.39 is 11.9 Å². The predicted molar refractivity (Wildman–Crippen MR) is 121 cm³/mol. The lowest BCUT2D eigenvalue weighted by Crippen LogP contribution is -2.06.